The maximum atomic E-state index is 12.3. The first-order valence-corrected chi connectivity index (χ1v) is 9.14. The van der Waals surface area contributed by atoms with Gasteiger partial charge in [0.15, 0.2) is 5.78 Å². The van der Waals surface area contributed by atoms with Gasteiger partial charge in [0.1, 0.15) is 6.04 Å². The Morgan fingerprint density at radius 2 is 1.85 bits per heavy atom. The van der Waals surface area contributed by atoms with E-state index in [0.29, 0.717) is 18.5 Å². The molecule has 0 amide bonds. The van der Waals surface area contributed by atoms with Crippen LogP contribution in [-0.4, -0.2) is 34.4 Å². The number of para-hydroxylation sites is 1. The zero-order valence-corrected chi connectivity index (χ0v) is 15.6. The molecule has 6 heteroatoms. The molecule has 0 saturated heterocycles. The highest BCUT2D eigenvalue weighted by atomic mass is 79.9. The molecule has 26 heavy (non-hydrogen) atoms. The van der Waals surface area contributed by atoms with Gasteiger partial charge in [0.2, 0.25) is 0 Å². The molecule has 0 radical (unpaired) electrons. The van der Waals surface area contributed by atoms with Gasteiger partial charge in [-0.2, -0.15) is 0 Å². The third-order valence-corrected chi connectivity index (χ3v) is 4.75. The van der Waals surface area contributed by atoms with Crippen LogP contribution in [0.1, 0.15) is 22.5 Å². The maximum absolute atomic E-state index is 12.3. The number of carbonyl (C=O) groups excluding carboxylic acids is 1. The van der Waals surface area contributed by atoms with Gasteiger partial charge >= 0.3 is 5.97 Å². The van der Waals surface area contributed by atoms with Crippen LogP contribution in [0.3, 0.4) is 0 Å². The molecule has 3 aromatic rings. The van der Waals surface area contributed by atoms with E-state index in [-0.39, 0.29) is 12.2 Å². The monoisotopic (exact) mass is 414 g/mol. The minimum Gasteiger partial charge on any atom is -0.480 e. The first-order valence-electron chi connectivity index (χ1n) is 8.34. The zero-order chi connectivity index (χ0) is 18.5. The highest BCUT2D eigenvalue weighted by Crippen LogP contribution is 2.15. The Balaban J connectivity index is 1.57. The van der Waals surface area contributed by atoms with Gasteiger partial charge < -0.3 is 15.4 Å². The van der Waals surface area contributed by atoms with E-state index >= 15 is 0 Å². The third kappa shape index (κ3) is 4.59. The lowest BCUT2D eigenvalue weighted by Crippen LogP contribution is -2.39. The van der Waals surface area contributed by atoms with Crippen LogP contribution in [0.5, 0.6) is 0 Å². The third-order valence-electron chi connectivity index (χ3n) is 4.22. The molecule has 0 aliphatic carbocycles. The molecule has 1 unspecified atom stereocenters. The molecular formula is C20H19BrN2O3. The molecule has 0 spiro atoms. The fraction of sp³-hybridized carbons (Fsp3) is 0.200. The molecule has 0 bridgehead atoms. The predicted octanol–water partition coefficient (Wildman–Crippen LogP) is 3.79. The number of nitrogens with one attached hydrogen (secondary N) is 2. The second kappa shape index (κ2) is 8.29. The Morgan fingerprint density at radius 1 is 1.12 bits per heavy atom. The van der Waals surface area contributed by atoms with E-state index < -0.39 is 12.0 Å². The van der Waals surface area contributed by atoms with Crippen molar-refractivity contribution in [3.8, 4) is 0 Å². The Hall–Kier alpha value is -2.44. The van der Waals surface area contributed by atoms with Gasteiger partial charge in [0.05, 0.1) is 0 Å². The van der Waals surface area contributed by atoms with Crippen molar-refractivity contribution in [1.82, 2.24) is 10.3 Å². The highest BCUT2D eigenvalue weighted by molar-refractivity contribution is 9.10. The summed E-state index contributed by atoms with van der Waals surface area (Å²) < 4.78 is 0.875. The fourth-order valence-corrected chi connectivity index (χ4v) is 3.10. The Morgan fingerprint density at radius 3 is 2.54 bits per heavy atom. The van der Waals surface area contributed by atoms with Gasteiger partial charge in [0.25, 0.3) is 0 Å². The molecule has 0 aliphatic rings. The molecule has 1 heterocycles. The van der Waals surface area contributed by atoms with Crippen molar-refractivity contribution in [2.24, 2.45) is 0 Å². The van der Waals surface area contributed by atoms with Crippen molar-refractivity contribution in [3.05, 3.63) is 70.3 Å². The average molecular weight is 415 g/mol. The molecular weight excluding hydrogens is 396 g/mol. The molecule has 0 saturated carbocycles. The van der Waals surface area contributed by atoms with E-state index in [2.05, 4.69) is 32.3 Å². The number of fused-ring (bicyclic) bond motifs is 1. The van der Waals surface area contributed by atoms with Crippen molar-refractivity contribution in [2.75, 3.05) is 6.54 Å². The summed E-state index contributed by atoms with van der Waals surface area (Å²) in [6.07, 6.45) is 0.578. The number of carbonyl (C=O) groups is 2. The van der Waals surface area contributed by atoms with Crippen molar-refractivity contribution in [3.63, 3.8) is 0 Å². The lowest BCUT2D eigenvalue weighted by atomic mass is 10.0. The van der Waals surface area contributed by atoms with Crippen molar-refractivity contribution < 1.29 is 14.7 Å². The Kier molecular flexibility index (Phi) is 5.85. The number of aromatic amines is 1. The normalized spacial score (nSPS) is 12.2. The first-order chi connectivity index (χ1) is 12.5. The molecule has 134 valence electrons. The molecule has 1 atom stereocenters. The van der Waals surface area contributed by atoms with Gasteiger partial charge in [-0.25, -0.2) is 0 Å². The minimum atomic E-state index is -1.02. The number of hydrogen-bond donors (Lipinski definition) is 3. The summed E-state index contributed by atoms with van der Waals surface area (Å²) in [4.78, 5) is 27.1. The van der Waals surface area contributed by atoms with E-state index in [9.17, 15) is 14.7 Å². The number of carboxylic acids is 1. The van der Waals surface area contributed by atoms with Crippen LogP contribution in [0, 0.1) is 0 Å². The van der Waals surface area contributed by atoms with Crippen molar-refractivity contribution in [1.29, 1.82) is 0 Å². The van der Waals surface area contributed by atoms with Gasteiger partial charge in [0, 0.05) is 34.2 Å². The number of aliphatic carboxylic acids is 1. The number of hydrogen-bond acceptors (Lipinski definition) is 3. The van der Waals surface area contributed by atoms with Crippen molar-refractivity contribution >= 4 is 38.6 Å². The van der Waals surface area contributed by atoms with E-state index in [1.807, 2.05) is 24.3 Å². The highest BCUT2D eigenvalue weighted by Gasteiger charge is 2.21. The SMILES string of the molecule is O=C(CC(NCCc1cc2ccccc2[nH]1)C(=O)O)c1ccc(Br)cc1. The van der Waals surface area contributed by atoms with Gasteiger partial charge in [-0.3, -0.25) is 9.59 Å². The quantitative estimate of drug-likeness (QED) is 0.489. The zero-order valence-electron chi connectivity index (χ0n) is 14.0. The summed E-state index contributed by atoms with van der Waals surface area (Å²) in [5, 5.41) is 13.5. The molecule has 3 N–H and O–H groups in total. The molecule has 2 aromatic carbocycles. The average Bonchev–Trinajstić information content (AvgIpc) is 3.04. The number of aromatic nitrogens is 1. The second-order valence-electron chi connectivity index (χ2n) is 6.11. The minimum absolute atomic E-state index is 0.0797. The number of benzene rings is 2. The molecule has 3 rings (SSSR count). The van der Waals surface area contributed by atoms with Crippen LogP contribution >= 0.6 is 15.9 Å². The van der Waals surface area contributed by atoms with E-state index in [1.165, 1.54) is 0 Å². The summed E-state index contributed by atoms with van der Waals surface area (Å²) in [6, 6.07) is 16.0. The maximum Gasteiger partial charge on any atom is 0.321 e. The van der Waals surface area contributed by atoms with E-state index in [0.717, 1.165) is 21.1 Å². The van der Waals surface area contributed by atoms with Crippen LogP contribution in [0.4, 0.5) is 0 Å². The van der Waals surface area contributed by atoms with Gasteiger partial charge in [-0.05, 0) is 36.1 Å². The number of Topliss-reactive ketones (excluding diaryl/α,β-unsaturated/α-hetero) is 1. The second-order valence-corrected chi connectivity index (χ2v) is 7.03. The standard InChI is InChI=1S/C20H19BrN2O3/c21-15-7-5-13(6-8-15)19(24)12-18(20(25)26)22-10-9-16-11-14-3-1-2-4-17(14)23-16/h1-8,11,18,22-23H,9-10,12H2,(H,25,26). The Labute approximate surface area is 159 Å². The van der Waals surface area contributed by atoms with Crippen LogP contribution in [-0.2, 0) is 11.2 Å². The lowest BCUT2D eigenvalue weighted by Gasteiger charge is -2.13. The van der Waals surface area contributed by atoms with Gasteiger partial charge in [-0.15, -0.1) is 0 Å². The van der Waals surface area contributed by atoms with E-state index in [4.69, 9.17) is 0 Å². The van der Waals surface area contributed by atoms with Crippen LogP contribution in [0.25, 0.3) is 10.9 Å². The molecule has 0 fully saturated rings. The summed E-state index contributed by atoms with van der Waals surface area (Å²) >= 11 is 3.32. The largest absolute Gasteiger partial charge is 0.480 e. The topological polar surface area (TPSA) is 82.2 Å². The number of H-pyrrole nitrogens is 1. The number of halogens is 1. The summed E-state index contributed by atoms with van der Waals surface area (Å²) in [5.41, 5.74) is 2.60. The lowest BCUT2D eigenvalue weighted by molar-refractivity contribution is -0.139. The van der Waals surface area contributed by atoms with Gasteiger partial charge in [-0.1, -0.05) is 46.3 Å². The summed E-state index contributed by atoms with van der Waals surface area (Å²) in [5.74, 6) is -1.21. The van der Waals surface area contributed by atoms with Crippen LogP contribution in [0.2, 0.25) is 0 Å². The van der Waals surface area contributed by atoms with Crippen LogP contribution in [0.15, 0.2) is 59.1 Å². The van der Waals surface area contributed by atoms with E-state index in [1.54, 1.807) is 24.3 Å². The summed E-state index contributed by atoms with van der Waals surface area (Å²) in [7, 11) is 0. The molecule has 1 aromatic heterocycles. The van der Waals surface area contributed by atoms with Crippen LogP contribution < -0.4 is 5.32 Å². The molecule has 0 aliphatic heterocycles. The number of rotatable bonds is 8. The number of ketones is 1. The Bertz CT molecular complexity index is 885. The smallest absolute Gasteiger partial charge is 0.321 e. The molecule has 5 nitrogen and oxygen atoms in total. The number of carboxylic acid groups (broad SMARTS) is 1. The predicted molar refractivity (Wildman–Crippen MR) is 105 cm³/mol. The fourth-order valence-electron chi connectivity index (χ4n) is 2.84. The first kappa shape index (κ1) is 18.4. The summed E-state index contributed by atoms with van der Waals surface area (Å²) in [6.45, 7) is 0.470. The van der Waals surface area contributed by atoms with Crippen molar-refractivity contribution in [2.45, 2.75) is 18.9 Å².